The van der Waals surface area contributed by atoms with E-state index < -0.39 is 0 Å². The van der Waals surface area contributed by atoms with E-state index in [0.717, 1.165) is 24.2 Å². The molecular weight excluding hydrogens is 308 g/mol. The van der Waals surface area contributed by atoms with E-state index in [4.69, 9.17) is 14.0 Å². The quantitative estimate of drug-likeness (QED) is 0.732. The largest absolute Gasteiger partial charge is 0.384 e. The number of nitrogens with zero attached hydrogens (tertiary/aromatic N) is 4. The zero-order chi connectivity index (χ0) is 16.6. The smallest absolute Gasteiger partial charge is 0.278 e. The van der Waals surface area contributed by atoms with Gasteiger partial charge in [0, 0.05) is 32.2 Å². The van der Waals surface area contributed by atoms with E-state index >= 15 is 0 Å². The Morgan fingerprint density at radius 2 is 2.08 bits per heavy atom. The molecule has 0 bridgehead atoms. The van der Waals surface area contributed by atoms with Crippen LogP contribution in [0.1, 0.15) is 24.4 Å². The molecule has 1 aliphatic heterocycles. The van der Waals surface area contributed by atoms with Crippen molar-refractivity contribution in [3.05, 3.63) is 35.9 Å². The molecule has 1 fully saturated rings. The van der Waals surface area contributed by atoms with Gasteiger partial charge < -0.3 is 18.4 Å². The molecule has 3 aromatic heterocycles. The summed E-state index contributed by atoms with van der Waals surface area (Å²) in [7, 11) is 1.70. The van der Waals surface area contributed by atoms with E-state index in [9.17, 15) is 0 Å². The second-order valence-electron chi connectivity index (χ2n) is 6.27. The van der Waals surface area contributed by atoms with Crippen LogP contribution in [0, 0.1) is 6.92 Å². The van der Waals surface area contributed by atoms with Crippen molar-refractivity contribution in [3.8, 4) is 11.6 Å². The van der Waals surface area contributed by atoms with Crippen LogP contribution in [0.2, 0.25) is 0 Å². The first-order valence-electron chi connectivity index (χ1n) is 8.08. The van der Waals surface area contributed by atoms with Crippen LogP contribution in [0.25, 0.3) is 17.2 Å². The van der Waals surface area contributed by atoms with Crippen molar-refractivity contribution in [1.82, 2.24) is 19.5 Å². The molecule has 7 heteroatoms. The normalized spacial score (nSPS) is 17.4. The monoisotopic (exact) mass is 328 g/mol. The number of methoxy groups -OCH3 is 1. The molecule has 0 unspecified atom stereocenters. The summed E-state index contributed by atoms with van der Waals surface area (Å²) in [6, 6.07) is 5.97. The summed E-state index contributed by atoms with van der Waals surface area (Å²) in [5.41, 5.74) is 2.40. The summed E-state index contributed by atoms with van der Waals surface area (Å²) < 4.78 is 18.4. The summed E-state index contributed by atoms with van der Waals surface area (Å²) in [6.45, 7) is 3.95. The molecule has 1 aliphatic rings. The summed E-state index contributed by atoms with van der Waals surface area (Å²) in [5, 5.41) is 4.23. The number of aromatic nitrogens is 4. The maximum Gasteiger partial charge on any atom is 0.278 e. The highest BCUT2D eigenvalue weighted by Gasteiger charge is 2.39. The lowest BCUT2D eigenvalue weighted by Gasteiger charge is -2.33. The van der Waals surface area contributed by atoms with Gasteiger partial charge in [-0.1, -0.05) is 11.2 Å². The average Bonchev–Trinajstić information content (AvgIpc) is 3.24. The fraction of sp³-hybridized carbons (Fsp3) is 0.471. The van der Waals surface area contributed by atoms with Crippen LogP contribution in [-0.2, 0) is 14.9 Å². The molecule has 0 aliphatic carbocycles. The Hall–Kier alpha value is -2.25. The van der Waals surface area contributed by atoms with Crippen LogP contribution in [-0.4, -0.2) is 46.5 Å². The molecule has 4 rings (SSSR count). The highest BCUT2D eigenvalue weighted by Crippen LogP contribution is 2.34. The van der Waals surface area contributed by atoms with Crippen LogP contribution in [0.5, 0.6) is 0 Å². The SMILES string of the molecule is COCC1(c2noc(-c3cn4c(C)cccc4n3)n2)CCOCC1. The van der Waals surface area contributed by atoms with Gasteiger partial charge in [0.05, 0.1) is 12.0 Å². The molecule has 0 saturated carbocycles. The van der Waals surface area contributed by atoms with Gasteiger partial charge in [0.25, 0.3) is 5.89 Å². The number of rotatable bonds is 4. The van der Waals surface area contributed by atoms with Crippen molar-refractivity contribution in [1.29, 1.82) is 0 Å². The van der Waals surface area contributed by atoms with Crippen molar-refractivity contribution in [2.45, 2.75) is 25.2 Å². The minimum atomic E-state index is -0.246. The Kier molecular flexibility index (Phi) is 3.82. The lowest BCUT2D eigenvalue weighted by atomic mass is 9.80. The highest BCUT2D eigenvalue weighted by molar-refractivity contribution is 5.54. The van der Waals surface area contributed by atoms with Crippen molar-refractivity contribution in [2.24, 2.45) is 0 Å². The second kappa shape index (κ2) is 5.99. The molecule has 0 atom stereocenters. The molecule has 7 nitrogen and oxygen atoms in total. The predicted molar refractivity (Wildman–Crippen MR) is 86.8 cm³/mol. The first-order chi connectivity index (χ1) is 11.7. The number of ether oxygens (including phenoxy) is 2. The van der Waals surface area contributed by atoms with E-state index in [1.807, 2.05) is 35.7 Å². The number of imidazole rings is 1. The van der Waals surface area contributed by atoms with Gasteiger partial charge in [-0.25, -0.2) is 4.98 Å². The molecule has 4 heterocycles. The lowest BCUT2D eigenvalue weighted by molar-refractivity contribution is 0.00915. The standard InChI is InChI=1S/C17H20N4O3/c1-12-4-3-5-14-18-13(10-21(12)14)15-19-16(20-24-15)17(11-22-2)6-8-23-9-7-17/h3-5,10H,6-9,11H2,1-2H3. The van der Waals surface area contributed by atoms with E-state index in [2.05, 4.69) is 15.1 Å². The Bertz CT molecular complexity index is 843. The van der Waals surface area contributed by atoms with E-state index in [1.165, 1.54) is 0 Å². The minimum Gasteiger partial charge on any atom is -0.384 e. The number of pyridine rings is 1. The molecule has 1 saturated heterocycles. The zero-order valence-corrected chi connectivity index (χ0v) is 13.9. The molecular formula is C17H20N4O3. The molecule has 0 aromatic carbocycles. The van der Waals surface area contributed by atoms with Gasteiger partial charge in [-0.3, -0.25) is 0 Å². The van der Waals surface area contributed by atoms with Crippen LogP contribution in [0.3, 0.4) is 0 Å². The van der Waals surface area contributed by atoms with Gasteiger partial charge in [-0.2, -0.15) is 4.98 Å². The van der Waals surface area contributed by atoms with Gasteiger partial charge in [0.1, 0.15) is 11.3 Å². The van der Waals surface area contributed by atoms with E-state index in [-0.39, 0.29) is 5.41 Å². The second-order valence-corrected chi connectivity index (χ2v) is 6.27. The first-order valence-corrected chi connectivity index (χ1v) is 8.08. The summed E-state index contributed by atoms with van der Waals surface area (Å²) in [6.07, 6.45) is 3.57. The minimum absolute atomic E-state index is 0.246. The first kappa shape index (κ1) is 15.3. The van der Waals surface area contributed by atoms with Gasteiger partial charge >= 0.3 is 0 Å². The molecule has 0 spiro atoms. The van der Waals surface area contributed by atoms with Crippen molar-refractivity contribution in [3.63, 3.8) is 0 Å². The maximum atomic E-state index is 5.51. The van der Waals surface area contributed by atoms with Gasteiger partial charge in [-0.05, 0) is 31.9 Å². The molecule has 3 aromatic rings. The van der Waals surface area contributed by atoms with Crippen LogP contribution in [0.15, 0.2) is 28.9 Å². The Labute approximate surface area is 139 Å². The van der Waals surface area contributed by atoms with Crippen molar-refractivity contribution in [2.75, 3.05) is 26.9 Å². The van der Waals surface area contributed by atoms with Crippen LogP contribution >= 0.6 is 0 Å². The Morgan fingerprint density at radius 3 is 2.83 bits per heavy atom. The molecule has 126 valence electrons. The average molecular weight is 328 g/mol. The number of hydrogen-bond donors (Lipinski definition) is 0. The highest BCUT2D eigenvalue weighted by atomic mass is 16.5. The number of fused-ring (bicyclic) bond motifs is 1. The summed E-state index contributed by atoms with van der Waals surface area (Å²) >= 11 is 0. The Balaban J connectivity index is 1.71. The predicted octanol–water partition coefficient (Wildman–Crippen LogP) is 2.39. The summed E-state index contributed by atoms with van der Waals surface area (Å²) in [5.74, 6) is 1.12. The molecule has 24 heavy (non-hydrogen) atoms. The zero-order valence-electron chi connectivity index (χ0n) is 13.9. The fourth-order valence-electron chi connectivity index (χ4n) is 3.27. The Morgan fingerprint density at radius 1 is 1.25 bits per heavy atom. The van der Waals surface area contributed by atoms with E-state index in [0.29, 0.717) is 37.2 Å². The third kappa shape index (κ3) is 2.50. The van der Waals surface area contributed by atoms with Crippen LogP contribution < -0.4 is 0 Å². The van der Waals surface area contributed by atoms with Gasteiger partial charge in [-0.15, -0.1) is 0 Å². The lowest BCUT2D eigenvalue weighted by Crippen LogP contribution is -2.39. The topological polar surface area (TPSA) is 74.7 Å². The third-order valence-electron chi connectivity index (χ3n) is 4.69. The number of aryl methyl sites for hydroxylation is 1. The summed E-state index contributed by atoms with van der Waals surface area (Å²) in [4.78, 5) is 9.21. The third-order valence-corrected chi connectivity index (χ3v) is 4.69. The van der Waals surface area contributed by atoms with Crippen molar-refractivity contribution >= 4 is 5.65 Å². The maximum absolute atomic E-state index is 5.51. The molecule has 0 N–H and O–H groups in total. The van der Waals surface area contributed by atoms with Crippen LogP contribution in [0.4, 0.5) is 0 Å². The van der Waals surface area contributed by atoms with E-state index in [1.54, 1.807) is 7.11 Å². The van der Waals surface area contributed by atoms with Gasteiger partial charge in [0.15, 0.2) is 5.82 Å². The van der Waals surface area contributed by atoms with Gasteiger partial charge in [0.2, 0.25) is 0 Å². The fourth-order valence-corrected chi connectivity index (χ4v) is 3.27. The molecule has 0 radical (unpaired) electrons. The number of hydrogen-bond acceptors (Lipinski definition) is 6. The van der Waals surface area contributed by atoms with Crippen molar-refractivity contribution < 1.29 is 14.0 Å². The molecule has 0 amide bonds.